The normalized spacial score (nSPS) is 11.4. The van der Waals surface area contributed by atoms with Gasteiger partial charge in [0.25, 0.3) is 5.56 Å². The van der Waals surface area contributed by atoms with Gasteiger partial charge in [-0.15, -0.1) is 16.4 Å². The van der Waals surface area contributed by atoms with Gasteiger partial charge in [-0.25, -0.2) is 10.1 Å². The molecule has 0 saturated carbocycles. The lowest BCUT2D eigenvalue weighted by Gasteiger charge is -2.01. The first-order valence-electron chi connectivity index (χ1n) is 5.88. The minimum absolute atomic E-state index is 0.236. The van der Waals surface area contributed by atoms with Gasteiger partial charge in [-0.1, -0.05) is 5.21 Å². The molecule has 0 aliphatic heterocycles. The Balaban J connectivity index is 2.19. The topological polar surface area (TPSA) is 80.8 Å². The Labute approximate surface area is 116 Å². The molecule has 1 N–H and O–H groups in total. The van der Waals surface area contributed by atoms with Gasteiger partial charge < -0.3 is 4.74 Å². The SMILES string of the molecule is COc1ccc2nc3sc4c(=O)[nH]nnc4c3cc2c1. The van der Waals surface area contributed by atoms with E-state index < -0.39 is 0 Å². The second-order valence-electron chi connectivity index (χ2n) is 4.32. The number of benzene rings is 1. The Kier molecular flexibility index (Phi) is 2.25. The Bertz CT molecular complexity index is 1020. The van der Waals surface area contributed by atoms with Crippen molar-refractivity contribution >= 4 is 42.7 Å². The Hall–Kier alpha value is -2.54. The first-order chi connectivity index (χ1) is 9.76. The van der Waals surface area contributed by atoms with Crippen molar-refractivity contribution in [3.63, 3.8) is 0 Å². The molecule has 0 unspecified atom stereocenters. The predicted octanol–water partition coefficient (Wildman–Crippen LogP) is 2.09. The zero-order valence-electron chi connectivity index (χ0n) is 10.4. The van der Waals surface area contributed by atoms with Crippen LogP contribution in [0.4, 0.5) is 0 Å². The molecule has 6 nitrogen and oxygen atoms in total. The number of thiophene rings is 1. The van der Waals surface area contributed by atoms with Gasteiger partial charge in [0.1, 0.15) is 20.8 Å². The molecule has 0 aliphatic rings. The summed E-state index contributed by atoms with van der Waals surface area (Å²) in [5.41, 5.74) is 1.21. The lowest BCUT2D eigenvalue weighted by Crippen LogP contribution is -2.07. The number of pyridine rings is 1. The fourth-order valence-corrected chi connectivity index (χ4v) is 3.19. The van der Waals surface area contributed by atoms with Crippen LogP contribution in [0.2, 0.25) is 0 Å². The number of nitrogens with one attached hydrogen (secondary N) is 1. The standard InChI is InChI=1S/C13H8N4O2S/c1-19-7-2-3-9-6(4-7)5-8-10-11(20-13(8)14-9)12(18)16-17-15-10/h2-5H,1H3,(H,15,16,18). The number of rotatable bonds is 1. The first kappa shape index (κ1) is 11.3. The molecule has 0 atom stereocenters. The van der Waals surface area contributed by atoms with Gasteiger partial charge in [0.05, 0.1) is 12.6 Å². The number of H-pyrrole nitrogens is 1. The molecule has 3 aromatic heterocycles. The van der Waals surface area contributed by atoms with E-state index >= 15 is 0 Å². The molecule has 7 heteroatoms. The molecular weight excluding hydrogens is 276 g/mol. The van der Waals surface area contributed by atoms with Crippen LogP contribution in [0.15, 0.2) is 29.1 Å². The van der Waals surface area contributed by atoms with E-state index in [1.165, 1.54) is 11.3 Å². The van der Waals surface area contributed by atoms with Gasteiger partial charge >= 0.3 is 0 Å². The number of ether oxygens (including phenoxy) is 1. The van der Waals surface area contributed by atoms with Crippen LogP contribution >= 0.6 is 11.3 Å². The van der Waals surface area contributed by atoms with E-state index in [-0.39, 0.29) is 5.56 Å². The third kappa shape index (κ3) is 1.50. The van der Waals surface area contributed by atoms with E-state index in [0.29, 0.717) is 10.2 Å². The van der Waals surface area contributed by atoms with Crippen molar-refractivity contribution in [2.75, 3.05) is 7.11 Å². The number of hydrogen-bond acceptors (Lipinski definition) is 6. The monoisotopic (exact) mass is 284 g/mol. The average Bonchev–Trinajstić information content (AvgIpc) is 2.83. The average molecular weight is 284 g/mol. The Morgan fingerprint density at radius 3 is 3.05 bits per heavy atom. The number of fused-ring (bicyclic) bond motifs is 4. The largest absolute Gasteiger partial charge is 0.497 e. The summed E-state index contributed by atoms with van der Waals surface area (Å²) in [5, 5.41) is 11.8. The minimum atomic E-state index is -0.236. The van der Waals surface area contributed by atoms with Crippen LogP contribution in [0.5, 0.6) is 5.75 Å². The number of aromatic amines is 1. The lowest BCUT2D eigenvalue weighted by molar-refractivity contribution is 0.415. The molecule has 4 rings (SSSR count). The second kappa shape index (κ2) is 3.97. The lowest BCUT2D eigenvalue weighted by atomic mass is 10.2. The van der Waals surface area contributed by atoms with E-state index in [1.807, 2.05) is 24.3 Å². The zero-order chi connectivity index (χ0) is 13.7. The molecule has 0 spiro atoms. The van der Waals surface area contributed by atoms with Crippen LogP contribution in [-0.4, -0.2) is 27.5 Å². The van der Waals surface area contributed by atoms with E-state index in [1.54, 1.807) is 7.11 Å². The maximum absolute atomic E-state index is 11.7. The highest BCUT2D eigenvalue weighted by molar-refractivity contribution is 7.25. The molecule has 1 aromatic carbocycles. The quantitative estimate of drug-likeness (QED) is 0.579. The van der Waals surface area contributed by atoms with Crippen LogP contribution < -0.4 is 10.3 Å². The van der Waals surface area contributed by atoms with Crippen LogP contribution in [-0.2, 0) is 0 Å². The molecule has 0 bridgehead atoms. The number of methoxy groups -OCH3 is 1. The van der Waals surface area contributed by atoms with Crippen molar-refractivity contribution in [2.45, 2.75) is 0 Å². The summed E-state index contributed by atoms with van der Waals surface area (Å²) in [5.74, 6) is 0.766. The smallest absolute Gasteiger partial charge is 0.285 e. The van der Waals surface area contributed by atoms with Gasteiger partial charge in [0, 0.05) is 10.8 Å². The molecule has 20 heavy (non-hydrogen) atoms. The molecule has 0 fully saturated rings. The second-order valence-corrected chi connectivity index (χ2v) is 5.32. The molecule has 3 heterocycles. The molecule has 0 aliphatic carbocycles. The van der Waals surface area contributed by atoms with E-state index in [4.69, 9.17) is 4.74 Å². The molecule has 98 valence electrons. The summed E-state index contributed by atoms with van der Waals surface area (Å²) in [6.45, 7) is 0. The van der Waals surface area contributed by atoms with Crippen molar-refractivity contribution in [2.24, 2.45) is 0 Å². The highest BCUT2D eigenvalue weighted by Crippen LogP contribution is 2.31. The van der Waals surface area contributed by atoms with E-state index in [9.17, 15) is 4.79 Å². The van der Waals surface area contributed by atoms with E-state index in [2.05, 4.69) is 20.4 Å². The van der Waals surface area contributed by atoms with Crippen molar-refractivity contribution in [1.29, 1.82) is 0 Å². The predicted molar refractivity (Wildman–Crippen MR) is 77.4 cm³/mol. The van der Waals surface area contributed by atoms with Crippen LogP contribution in [0, 0.1) is 0 Å². The minimum Gasteiger partial charge on any atom is -0.497 e. The van der Waals surface area contributed by atoms with Gasteiger partial charge in [-0.3, -0.25) is 4.79 Å². The van der Waals surface area contributed by atoms with Crippen molar-refractivity contribution in [1.82, 2.24) is 20.4 Å². The van der Waals surface area contributed by atoms with Crippen molar-refractivity contribution in [3.8, 4) is 5.75 Å². The van der Waals surface area contributed by atoms with Gasteiger partial charge in [-0.2, -0.15) is 0 Å². The van der Waals surface area contributed by atoms with Crippen molar-refractivity contribution < 1.29 is 4.74 Å². The third-order valence-electron chi connectivity index (χ3n) is 3.16. The summed E-state index contributed by atoms with van der Waals surface area (Å²) >= 11 is 1.32. The maximum Gasteiger partial charge on any atom is 0.285 e. The number of hydrogen-bond donors (Lipinski definition) is 1. The van der Waals surface area contributed by atoms with Crippen LogP contribution in [0.3, 0.4) is 0 Å². The Morgan fingerprint density at radius 1 is 1.30 bits per heavy atom. The highest BCUT2D eigenvalue weighted by atomic mass is 32.1. The van der Waals surface area contributed by atoms with Crippen molar-refractivity contribution in [3.05, 3.63) is 34.6 Å². The first-order valence-corrected chi connectivity index (χ1v) is 6.70. The summed E-state index contributed by atoms with van der Waals surface area (Å²) in [4.78, 5) is 17.1. The summed E-state index contributed by atoms with van der Waals surface area (Å²) in [6, 6.07) is 7.63. The molecule has 0 saturated heterocycles. The van der Waals surface area contributed by atoms with E-state index in [0.717, 1.165) is 26.9 Å². The van der Waals surface area contributed by atoms with Gasteiger partial charge in [0.2, 0.25) is 0 Å². The maximum atomic E-state index is 11.7. The Morgan fingerprint density at radius 2 is 2.20 bits per heavy atom. The number of nitrogens with zero attached hydrogens (tertiary/aromatic N) is 3. The van der Waals surface area contributed by atoms with Gasteiger partial charge in [0.15, 0.2) is 0 Å². The van der Waals surface area contributed by atoms with Crippen LogP contribution in [0.1, 0.15) is 0 Å². The summed E-state index contributed by atoms with van der Waals surface area (Å²) in [7, 11) is 1.62. The van der Waals surface area contributed by atoms with Crippen LogP contribution in [0.25, 0.3) is 31.3 Å². The zero-order valence-corrected chi connectivity index (χ0v) is 11.2. The number of aromatic nitrogens is 4. The molecule has 0 radical (unpaired) electrons. The molecule has 4 aromatic rings. The molecular formula is C13H8N4O2S. The van der Waals surface area contributed by atoms with Gasteiger partial charge in [-0.05, 0) is 24.3 Å². The fraction of sp³-hybridized carbons (Fsp3) is 0.0769. The highest BCUT2D eigenvalue weighted by Gasteiger charge is 2.12. The third-order valence-corrected chi connectivity index (χ3v) is 4.25. The summed E-state index contributed by atoms with van der Waals surface area (Å²) in [6.07, 6.45) is 0. The molecule has 0 amide bonds. The fourth-order valence-electron chi connectivity index (χ4n) is 2.20. The summed E-state index contributed by atoms with van der Waals surface area (Å²) < 4.78 is 5.76.